The van der Waals surface area contributed by atoms with Gasteiger partial charge in [0.2, 0.25) is 5.75 Å². The summed E-state index contributed by atoms with van der Waals surface area (Å²) in [6, 6.07) is 13.1. The van der Waals surface area contributed by atoms with Crippen LogP contribution in [0.25, 0.3) is 17.2 Å². The summed E-state index contributed by atoms with van der Waals surface area (Å²) >= 11 is 0. The first kappa shape index (κ1) is 29.4. The molecule has 1 spiro atoms. The average Bonchev–Trinajstić information content (AvgIpc) is 3.45. The lowest BCUT2D eigenvalue weighted by Gasteiger charge is -2.47. The number of ether oxygens (including phenoxy) is 6. The summed E-state index contributed by atoms with van der Waals surface area (Å²) in [4.78, 5) is 11.8. The summed E-state index contributed by atoms with van der Waals surface area (Å²) in [6.07, 6.45) is -4.66. The molecule has 45 heavy (non-hydrogen) atoms. The highest BCUT2D eigenvalue weighted by Gasteiger charge is 2.58. The van der Waals surface area contributed by atoms with Crippen LogP contribution in [0.1, 0.15) is 34.3 Å². The van der Waals surface area contributed by atoms with E-state index in [9.17, 15) is 30.3 Å². The van der Waals surface area contributed by atoms with Crippen molar-refractivity contribution in [2.45, 2.75) is 48.6 Å². The van der Waals surface area contributed by atoms with E-state index in [0.717, 1.165) is 22.3 Å². The summed E-state index contributed by atoms with van der Waals surface area (Å²) in [6.45, 7) is 0.138. The summed E-state index contributed by atoms with van der Waals surface area (Å²) in [5.41, 5.74) is 4.44. The Kier molecular flexibility index (Phi) is 7.14. The first-order chi connectivity index (χ1) is 21.7. The molecule has 7 atom stereocenters. The molecule has 0 radical (unpaired) electrons. The molecule has 0 bridgehead atoms. The van der Waals surface area contributed by atoms with Gasteiger partial charge in [-0.3, -0.25) is 0 Å². The van der Waals surface area contributed by atoms with Crippen molar-refractivity contribution in [3.63, 3.8) is 0 Å². The highest BCUT2D eigenvalue weighted by atomic mass is 16.7. The van der Waals surface area contributed by atoms with E-state index in [1.165, 1.54) is 20.3 Å². The fourth-order valence-electron chi connectivity index (χ4n) is 6.81. The Balaban J connectivity index is 1.39. The Bertz CT molecular complexity index is 1690. The molecular weight excluding hydrogens is 588 g/mol. The number of hydrogen-bond donors (Lipinski definition) is 5. The minimum absolute atomic E-state index is 0.0776. The van der Waals surface area contributed by atoms with Gasteiger partial charge in [-0.25, -0.2) is 4.79 Å². The molecule has 1 saturated heterocycles. The number of aliphatic carboxylic acids is 1. The zero-order valence-electron chi connectivity index (χ0n) is 24.4. The highest BCUT2D eigenvalue weighted by molar-refractivity contribution is 5.82. The second-order valence-corrected chi connectivity index (χ2v) is 11.3. The zero-order chi connectivity index (χ0) is 31.6. The summed E-state index contributed by atoms with van der Waals surface area (Å²) in [5, 5.41) is 51.3. The van der Waals surface area contributed by atoms with E-state index in [1.807, 2.05) is 36.4 Å². The Hall–Kier alpha value is -4.33. The SMILES string of the molecule is COc1cc(CCO)c2c(c1OC)O[C@H]1c3c(-c4ccccc4)cc4c(c3OC[C@@H]21)C=C[C@@]1(O4)O[C@H](C(=O)O)[C@@H](O)[C@H](O)[C@H]1O. The van der Waals surface area contributed by atoms with Crippen molar-refractivity contribution in [3.8, 4) is 39.9 Å². The monoisotopic (exact) mass is 620 g/mol. The number of hydrogen-bond acceptors (Lipinski definition) is 11. The van der Waals surface area contributed by atoms with Crippen molar-refractivity contribution in [2.24, 2.45) is 0 Å². The van der Waals surface area contributed by atoms with Crippen LogP contribution in [-0.2, 0) is 16.0 Å². The van der Waals surface area contributed by atoms with Crippen LogP contribution in [0.3, 0.4) is 0 Å². The number of aliphatic hydroxyl groups is 4. The van der Waals surface area contributed by atoms with Gasteiger partial charge in [0.1, 0.15) is 29.8 Å². The van der Waals surface area contributed by atoms with Gasteiger partial charge in [-0.2, -0.15) is 0 Å². The van der Waals surface area contributed by atoms with Crippen LogP contribution in [-0.4, -0.2) is 89.1 Å². The van der Waals surface area contributed by atoms with Crippen LogP contribution < -0.4 is 23.7 Å². The van der Waals surface area contributed by atoms with Crippen LogP contribution in [0.5, 0.6) is 28.7 Å². The van der Waals surface area contributed by atoms with Crippen LogP contribution in [0.15, 0.2) is 48.5 Å². The van der Waals surface area contributed by atoms with E-state index in [0.29, 0.717) is 40.5 Å². The smallest absolute Gasteiger partial charge is 0.335 e. The minimum atomic E-state index is -2.10. The molecule has 236 valence electrons. The zero-order valence-corrected chi connectivity index (χ0v) is 24.4. The molecular formula is C33H32O12. The molecule has 0 amide bonds. The third kappa shape index (κ3) is 4.36. The molecule has 12 nitrogen and oxygen atoms in total. The van der Waals surface area contributed by atoms with Crippen LogP contribution in [0, 0.1) is 0 Å². The first-order valence-electron chi connectivity index (χ1n) is 14.5. The number of benzene rings is 3. The summed E-state index contributed by atoms with van der Waals surface area (Å²) in [7, 11) is 3.08. The quantitative estimate of drug-likeness (QED) is 0.272. The maximum Gasteiger partial charge on any atom is 0.335 e. The number of aliphatic hydroxyl groups excluding tert-OH is 4. The Morgan fingerprint density at radius 3 is 2.49 bits per heavy atom. The molecule has 1 fully saturated rings. The highest BCUT2D eigenvalue weighted by Crippen LogP contribution is 2.61. The van der Waals surface area contributed by atoms with Crippen LogP contribution in [0.4, 0.5) is 0 Å². The van der Waals surface area contributed by atoms with E-state index < -0.39 is 42.3 Å². The van der Waals surface area contributed by atoms with Gasteiger partial charge < -0.3 is 54.0 Å². The topological polar surface area (TPSA) is 174 Å². The molecule has 0 saturated carbocycles. The van der Waals surface area contributed by atoms with Crippen LogP contribution in [0.2, 0.25) is 0 Å². The molecule has 4 heterocycles. The van der Waals surface area contributed by atoms with Crippen molar-refractivity contribution in [1.82, 2.24) is 0 Å². The largest absolute Gasteiger partial charge is 0.493 e. The lowest BCUT2D eigenvalue weighted by molar-refractivity contribution is -0.309. The normalized spacial score (nSPS) is 28.9. The van der Waals surface area contributed by atoms with Gasteiger partial charge in [-0.1, -0.05) is 30.3 Å². The van der Waals surface area contributed by atoms with Crippen molar-refractivity contribution in [1.29, 1.82) is 0 Å². The van der Waals surface area contributed by atoms with Crippen molar-refractivity contribution < 1.29 is 58.7 Å². The van der Waals surface area contributed by atoms with Crippen molar-refractivity contribution in [2.75, 3.05) is 27.4 Å². The number of fused-ring (bicyclic) bond motifs is 7. The standard InChI is InChI=1S/C33H32O12/c1-40-21-12-16(9-11-34)22-19-14-42-26-17-8-10-33(31(37)25(36)24(35)30(45-33)32(38)39)44-20(17)13-18(15-6-4-3-5-7-15)23(26)27(19)43-29(22)28(21)41-2/h3-8,10,12-13,19,24-25,27,30-31,34-37H,9,11,14H2,1-2H3,(H,38,39)/t19-,24-,25-,27+,30-,31+,33+/m0/s1. The van der Waals surface area contributed by atoms with Gasteiger partial charge in [0.15, 0.2) is 23.7 Å². The van der Waals surface area contributed by atoms with E-state index in [2.05, 4.69) is 0 Å². The summed E-state index contributed by atoms with van der Waals surface area (Å²) < 4.78 is 36.4. The van der Waals surface area contributed by atoms with E-state index in [-0.39, 0.29) is 24.9 Å². The van der Waals surface area contributed by atoms with Gasteiger partial charge >= 0.3 is 5.97 Å². The van der Waals surface area contributed by atoms with E-state index in [1.54, 1.807) is 12.1 Å². The molecule has 4 aliphatic heterocycles. The minimum Gasteiger partial charge on any atom is -0.493 e. The molecule has 4 aliphatic rings. The van der Waals surface area contributed by atoms with Gasteiger partial charge in [-0.15, -0.1) is 0 Å². The van der Waals surface area contributed by atoms with Crippen molar-refractivity contribution in [3.05, 3.63) is 70.8 Å². The Morgan fingerprint density at radius 1 is 1.02 bits per heavy atom. The third-order valence-electron chi connectivity index (χ3n) is 8.91. The number of methoxy groups -OCH3 is 2. The molecule has 5 N–H and O–H groups in total. The van der Waals surface area contributed by atoms with Crippen LogP contribution >= 0.6 is 0 Å². The Morgan fingerprint density at radius 2 is 1.80 bits per heavy atom. The number of carboxylic acid groups (broad SMARTS) is 1. The second-order valence-electron chi connectivity index (χ2n) is 11.3. The lowest BCUT2D eigenvalue weighted by atomic mass is 9.81. The molecule has 7 rings (SSSR count). The van der Waals surface area contributed by atoms with Gasteiger partial charge in [0.25, 0.3) is 5.79 Å². The molecule has 0 unspecified atom stereocenters. The number of carbonyl (C=O) groups is 1. The molecule has 0 aliphatic carbocycles. The maximum atomic E-state index is 11.8. The second kappa shape index (κ2) is 10.9. The van der Waals surface area contributed by atoms with Gasteiger partial charge in [0, 0.05) is 17.7 Å². The molecule has 3 aromatic rings. The van der Waals surface area contributed by atoms with Crippen molar-refractivity contribution >= 4 is 12.0 Å². The molecule has 0 aromatic heterocycles. The number of carboxylic acids is 1. The maximum absolute atomic E-state index is 11.8. The summed E-state index contributed by atoms with van der Waals surface area (Å²) in [5.74, 6) is -1.79. The fraction of sp³-hybridized carbons (Fsp3) is 0.364. The van der Waals surface area contributed by atoms with Gasteiger partial charge in [-0.05, 0) is 47.4 Å². The third-order valence-corrected chi connectivity index (χ3v) is 8.91. The fourth-order valence-corrected chi connectivity index (χ4v) is 6.81. The lowest BCUT2D eigenvalue weighted by Crippen LogP contribution is -2.67. The first-order valence-corrected chi connectivity index (χ1v) is 14.5. The molecule has 3 aromatic carbocycles. The predicted molar refractivity (Wildman–Crippen MR) is 157 cm³/mol. The van der Waals surface area contributed by atoms with Gasteiger partial charge in [0.05, 0.1) is 32.3 Å². The van der Waals surface area contributed by atoms with E-state index >= 15 is 0 Å². The van der Waals surface area contributed by atoms with E-state index in [4.69, 9.17) is 28.4 Å². The Labute approximate surface area is 257 Å². The number of rotatable bonds is 6. The predicted octanol–water partition coefficient (Wildman–Crippen LogP) is 2.18. The average molecular weight is 621 g/mol. The molecule has 12 heteroatoms.